The molecule has 0 amide bonds. The molecule has 3 heteroatoms. The fraction of sp³-hybridized carbons (Fsp3) is 0.789. The van der Waals surface area contributed by atoms with Crippen LogP contribution in [0.2, 0.25) is 0 Å². The zero-order valence-electron chi connectivity index (χ0n) is 15.0. The van der Waals surface area contributed by atoms with E-state index in [4.69, 9.17) is 9.78 Å². The molecular formula is C19H34O3. The molecule has 0 aliphatic carbocycles. The first kappa shape index (κ1) is 19.4. The molecule has 22 heavy (non-hydrogen) atoms. The summed E-state index contributed by atoms with van der Waals surface area (Å²) in [5.74, 6) is 0.584. The van der Waals surface area contributed by atoms with Gasteiger partial charge in [-0.1, -0.05) is 51.5 Å². The van der Waals surface area contributed by atoms with Gasteiger partial charge in [0, 0.05) is 6.42 Å². The maximum Gasteiger partial charge on any atom is 0.129 e. The van der Waals surface area contributed by atoms with E-state index >= 15 is 0 Å². The van der Waals surface area contributed by atoms with Crippen LogP contribution in [0, 0.1) is 5.92 Å². The highest BCUT2D eigenvalue weighted by Gasteiger charge is 2.48. The first-order valence-corrected chi connectivity index (χ1v) is 8.81. The average molecular weight is 310 g/mol. The maximum absolute atomic E-state index is 9.62. The van der Waals surface area contributed by atoms with E-state index in [1.165, 1.54) is 5.57 Å². The van der Waals surface area contributed by atoms with Gasteiger partial charge in [0.25, 0.3) is 0 Å². The molecule has 2 unspecified atom stereocenters. The van der Waals surface area contributed by atoms with Crippen LogP contribution in [-0.2, 0) is 9.78 Å². The Kier molecular flexibility index (Phi) is 7.81. The minimum atomic E-state index is -0.543. The highest BCUT2D eigenvalue weighted by atomic mass is 17.2. The van der Waals surface area contributed by atoms with Gasteiger partial charge in [-0.05, 0) is 44.9 Å². The number of allylic oxidation sites excluding steroid dienone is 3. The zero-order chi connectivity index (χ0) is 16.6. The maximum atomic E-state index is 9.62. The summed E-state index contributed by atoms with van der Waals surface area (Å²) in [5, 5.41) is 9.62. The Hall–Kier alpha value is -0.640. The molecular weight excluding hydrogens is 276 g/mol. The second-order valence-corrected chi connectivity index (χ2v) is 6.66. The van der Waals surface area contributed by atoms with E-state index in [0.717, 1.165) is 38.5 Å². The number of hydrogen-bond donors (Lipinski definition) is 1. The lowest BCUT2D eigenvalue weighted by Gasteiger charge is -2.24. The van der Waals surface area contributed by atoms with Crippen molar-refractivity contribution >= 4 is 0 Å². The second kappa shape index (κ2) is 8.85. The van der Waals surface area contributed by atoms with E-state index in [2.05, 4.69) is 45.9 Å². The average Bonchev–Trinajstić information content (AvgIpc) is 2.91. The third-order valence-corrected chi connectivity index (χ3v) is 4.80. The Morgan fingerprint density at radius 2 is 1.91 bits per heavy atom. The number of hydrogen-bond acceptors (Lipinski definition) is 3. The van der Waals surface area contributed by atoms with Gasteiger partial charge in [-0.3, -0.25) is 0 Å². The van der Waals surface area contributed by atoms with Crippen molar-refractivity contribution in [2.45, 2.75) is 84.3 Å². The van der Waals surface area contributed by atoms with Crippen molar-refractivity contribution in [3.8, 4) is 0 Å². The quantitative estimate of drug-likeness (QED) is 0.483. The van der Waals surface area contributed by atoms with Gasteiger partial charge >= 0.3 is 0 Å². The Morgan fingerprint density at radius 1 is 1.18 bits per heavy atom. The molecule has 1 fully saturated rings. The Bertz CT molecular complexity index is 382. The van der Waals surface area contributed by atoms with Crippen LogP contribution in [0.1, 0.15) is 73.1 Å². The van der Waals surface area contributed by atoms with Crippen LogP contribution in [0.3, 0.4) is 0 Å². The van der Waals surface area contributed by atoms with Gasteiger partial charge in [0.2, 0.25) is 0 Å². The fourth-order valence-electron chi connectivity index (χ4n) is 3.11. The summed E-state index contributed by atoms with van der Waals surface area (Å²) in [5.41, 5.74) is 0.400. The molecule has 1 rings (SSSR count). The molecule has 3 nitrogen and oxygen atoms in total. The van der Waals surface area contributed by atoms with Gasteiger partial charge < -0.3 is 5.11 Å². The molecule has 1 heterocycles. The molecule has 128 valence electrons. The molecule has 1 aliphatic rings. The van der Waals surface area contributed by atoms with Crippen LogP contribution >= 0.6 is 0 Å². The van der Waals surface area contributed by atoms with Crippen molar-refractivity contribution in [3.05, 3.63) is 23.8 Å². The molecule has 1 saturated heterocycles. The van der Waals surface area contributed by atoms with Gasteiger partial charge in [-0.15, -0.1) is 0 Å². The number of rotatable bonds is 9. The molecule has 0 aromatic heterocycles. The van der Waals surface area contributed by atoms with Crippen molar-refractivity contribution in [2.75, 3.05) is 6.61 Å². The third-order valence-electron chi connectivity index (χ3n) is 4.80. The smallest absolute Gasteiger partial charge is 0.129 e. The molecule has 0 saturated carbocycles. The predicted octanol–water partition coefficient (Wildman–Crippen LogP) is 4.96. The van der Waals surface area contributed by atoms with Crippen molar-refractivity contribution in [1.29, 1.82) is 0 Å². The minimum Gasteiger partial charge on any atom is -0.393 e. The van der Waals surface area contributed by atoms with Crippen molar-refractivity contribution in [1.82, 2.24) is 0 Å². The predicted molar refractivity (Wildman–Crippen MR) is 91.5 cm³/mol. The highest BCUT2D eigenvalue weighted by Crippen LogP contribution is 2.42. The Morgan fingerprint density at radius 3 is 2.36 bits per heavy atom. The van der Waals surface area contributed by atoms with E-state index in [1.54, 1.807) is 0 Å². The molecule has 0 bridgehead atoms. The van der Waals surface area contributed by atoms with Crippen molar-refractivity contribution in [3.63, 3.8) is 0 Å². The van der Waals surface area contributed by atoms with Gasteiger partial charge in [-0.25, -0.2) is 9.78 Å². The topological polar surface area (TPSA) is 38.7 Å². The minimum absolute atomic E-state index is 0.00889. The van der Waals surface area contributed by atoms with E-state index in [9.17, 15) is 5.11 Å². The molecule has 0 spiro atoms. The normalized spacial score (nSPS) is 31.1. The standard InChI is InChI=1S/C19H34O3/c1-6-10-11-17(7-2)12-16(5)13-18(8-3)14-19(9-4,15-20)22-21-18/h10-11,13,17,20H,6-9,12,14-15H2,1-5H3/b11-10+,16-13+/t17-,18?,19?/m1/s1. The van der Waals surface area contributed by atoms with Gasteiger partial charge in [0.05, 0.1) is 6.61 Å². The van der Waals surface area contributed by atoms with Crippen LogP contribution in [0.4, 0.5) is 0 Å². The van der Waals surface area contributed by atoms with E-state index in [-0.39, 0.29) is 6.61 Å². The van der Waals surface area contributed by atoms with Crippen LogP contribution in [0.5, 0.6) is 0 Å². The zero-order valence-corrected chi connectivity index (χ0v) is 15.0. The molecule has 1 N–H and O–H groups in total. The lowest BCUT2D eigenvalue weighted by atomic mass is 9.83. The summed E-state index contributed by atoms with van der Waals surface area (Å²) >= 11 is 0. The van der Waals surface area contributed by atoms with Gasteiger partial charge in [0.1, 0.15) is 11.2 Å². The fourth-order valence-corrected chi connectivity index (χ4v) is 3.11. The van der Waals surface area contributed by atoms with Crippen molar-refractivity contribution in [2.24, 2.45) is 5.92 Å². The highest BCUT2D eigenvalue weighted by molar-refractivity contribution is 5.14. The Balaban J connectivity index is 2.81. The van der Waals surface area contributed by atoms with E-state index in [0.29, 0.717) is 5.92 Å². The largest absolute Gasteiger partial charge is 0.393 e. The summed E-state index contributed by atoms with van der Waals surface area (Å²) in [7, 11) is 0. The van der Waals surface area contributed by atoms with Crippen molar-refractivity contribution < 1.29 is 14.9 Å². The SMILES string of the molecule is CC/C=C/[C@@H](CC)C/C(C)=C/C1(CC)CC(CC)(CO)OO1. The summed E-state index contributed by atoms with van der Waals surface area (Å²) in [6.45, 7) is 10.7. The van der Waals surface area contributed by atoms with Gasteiger partial charge in [0.15, 0.2) is 0 Å². The summed E-state index contributed by atoms with van der Waals surface area (Å²) in [6, 6.07) is 0. The van der Waals surface area contributed by atoms with Gasteiger partial charge in [-0.2, -0.15) is 0 Å². The monoisotopic (exact) mass is 310 g/mol. The van der Waals surface area contributed by atoms with E-state index < -0.39 is 11.2 Å². The first-order chi connectivity index (χ1) is 10.5. The first-order valence-electron chi connectivity index (χ1n) is 8.81. The number of aliphatic hydroxyl groups excluding tert-OH is 1. The number of aliphatic hydroxyl groups is 1. The summed E-state index contributed by atoms with van der Waals surface area (Å²) < 4.78 is 0. The third kappa shape index (κ3) is 4.94. The molecule has 1 aliphatic heterocycles. The lowest BCUT2D eigenvalue weighted by Crippen LogP contribution is -2.34. The van der Waals surface area contributed by atoms with Crippen LogP contribution < -0.4 is 0 Å². The molecule has 0 aromatic carbocycles. The molecule has 0 radical (unpaired) electrons. The molecule has 0 aromatic rings. The van der Waals surface area contributed by atoms with Crippen LogP contribution in [0.15, 0.2) is 23.8 Å². The Labute approximate surface area is 136 Å². The second-order valence-electron chi connectivity index (χ2n) is 6.66. The summed E-state index contributed by atoms with van der Waals surface area (Å²) in [6.07, 6.45) is 12.4. The lowest BCUT2D eigenvalue weighted by molar-refractivity contribution is -0.346. The van der Waals surface area contributed by atoms with Crippen LogP contribution in [0.25, 0.3) is 0 Å². The summed E-state index contributed by atoms with van der Waals surface area (Å²) in [4.78, 5) is 11.2. The molecule has 3 atom stereocenters. The van der Waals surface area contributed by atoms with Crippen LogP contribution in [-0.4, -0.2) is 22.9 Å². The van der Waals surface area contributed by atoms with E-state index in [1.807, 2.05) is 6.92 Å².